The minimum Gasteiger partial charge on any atom is -0.496 e. The number of halogens is 1. The van der Waals surface area contributed by atoms with E-state index in [1.165, 1.54) is 16.7 Å². The minimum absolute atomic E-state index is 0. The fraction of sp³-hybridized carbons (Fsp3) is 0.381. The molecule has 0 fully saturated rings. The highest BCUT2D eigenvalue weighted by molar-refractivity contribution is 14.0. The summed E-state index contributed by atoms with van der Waals surface area (Å²) in [5, 5.41) is 6.81. The molecule has 0 heterocycles. The number of nitrogens with one attached hydrogen (secondary N) is 2. The fourth-order valence-corrected chi connectivity index (χ4v) is 3.25. The maximum Gasteiger partial charge on any atom is 0.191 e. The Morgan fingerprint density at radius 2 is 2.00 bits per heavy atom. The first-order valence-corrected chi connectivity index (χ1v) is 8.94. The summed E-state index contributed by atoms with van der Waals surface area (Å²) in [4.78, 5) is 4.72. The van der Waals surface area contributed by atoms with Crippen LogP contribution in [0.4, 0.5) is 0 Å². The zero-order chi connectivity index (χ0) is 17.6. The predicted octanol–water partition coefficient (Wildman–Crippen LogP) is 4.02. The van der Waals surface area contributed by atoms with Crippen LogP contribution in [-0.4, -0.2) is 26.2 Å². The summed E-state index contributed by atoms with van der Waals surface area (Å²) in [6.07, 6.45) is 1.15. The second-order valence-corrected chi connectivity index (χ2v) is 6.49. The average molecular weight is 465 g/mol. The number of rotatable bonds is 6. The van der Waals surface area contributed by atoms with Gasteiger partial charge in [0.15, 0.2) is 5.96 Å². The molecule has 5 heteroatoms. The van der Waals surface area contributed by atoms with E-state index in [0.29, 0.717) is 12.5 Å². The second-order valence-electron chi connectivity index (χ2n) is 6.49. The summed E-state index contributed by atoms with van der Waals surface area (Å²) < 4.78 is 5.47. The highest BCUT2D eigenvalue weighted by atomic mass is 127. The third-order valence-electron chi connectivity index (χ3n) is 4.67. The van der Waals surface area contributed by atoms with Crippen molar-refractivity contribution in [3.63, 3.8) is 0 Å². The van der Waals surface area contributed by atoms with Crippen molar-refractivity contribution in [1.29, 1.82) is 0 Å². The number of methoxy groups -OCH3 is 1. The molecular weight excluding hydrogens is 437 g/mol. The lowest BCUT2D eigenvalue weighted by Gasteiger charge is -2.30. The van der Waals surface area contributed by atoms with Crippen molar-refractivity contribution in [2.75, 3.05) is 20.2 Å². The molecule has 2 aromatic carbocycles. The molecule has 1 atom stereocenters. The Hall–Kier alpha value is -1.76. The molecular formula is C21H28IN3O. The van der Waals surface area contributed by atoms with E-state index in [1.54, 1.807) is 7.11 Å². The molecule has 0 saturated heterocycles. The highest BCUT2D eigenvalue weighted by Gasteiger charge is 2.25. The fourth-order valence-electron chi connectivity index (χ4n) is 3.25. The third kappa shape index (κ3) is 4.90. The molecule has 0 bridgehead atoms. The van der Waals surface area contributed by atoms with Gasteiger partial charge in [-0.1, -0.05) is 36.4 Å². The molecule has 3 rings (SSSR count). The predicted molar refractivity (Wildman–Crippen MR) is 119 cm³/mol. The van der Waals surface area contributed by atoms with Crippen LogP contribution < -0.4 is 15.4 Å². The molecule has 1 aliphatic carbocycles. The van der Waals surface area contributed by atoms with Crippen LogP contribution >= 0.6 is 24.0 Å². The summed E-state index contributed by atoms with van der Waals surface area (Å²) >= 11 is 0. The molecule has 0 amide bonds. The summed E-state index contributed by atoms with van der Waals surface area (Å²) in [5.74, 6) is 2.33. The summed E-state index contributed by atoms with van der Waals surface area (Å²) in [6, 6.07) is 14.9. The van der Waals surface area contributed by atoms with E-state index in [-0.39, 0.29) is 24.0 Å². The Balaban J connectivity index is 0.00000243. The number of guanidine groups is 1. The first-order chi connectivity index (χ1) is 12.2. The SMILES string of the molecule is CCNC(=NCc1ccc(C)cc1OC)NCC1Cc2ccccc21.I. The molecule has 0 aliphatic heterocycles. The van der Waals surface area contributed by atoms with E-state index in [9.17, 15) is 0 Å². The number of fused-ring (bicyclic) bond motifs is 1. The molecule has 0 spiro atoms. The zero-order valence-electron chi connectivity index (χ0n) is 15.7. The molecule has 1 aliphatic rings. The van der Waals surface area contributed by atoms with E-state index >= 15 is 0 Å². The van der Waals surface area contributed by atoms with Gasteiger partial charge in [0.1, 0.15) is 5.75 Å². The number of nitrogens with zero attached hydrogens (tertiary/aromatic N) is 1. The van der Waals surface area contributed by atoms with Gasteiger partial charge in [-0.15, -0.1) is 24.0 Å². The van der Waals surface area contributed by atoms with Crippen LogP contribution in [0, 0.1) is 6.92 Å². The van der Waals surface area contributed by atoms with E-state index in [2.05, 4.69) is 66.9 Å². The average Bonchev–Trinajstić information content (AvgIpc) is 2.61. The molecule has 1 unspecified atom stereocenters. The van der Waals surface area contributed by atoms with Crippen molar-refractivity contribution in [2.24, 2.45) is 4.99 Å². The van der Waals surface area contributed by atoms with E-state index < -0.39 is 0 Å². The molecule has 4 nitrogen and oxygen atoms in total. The molecule has 140 valence electrons. The summed E-state index contributed by atoms with van der Waals surface area (Å²) in [7, 11) is 1.71. The van der Waals surface area contributed by atoms with Crippen molar-refractivity contribution in [3.05, 3.63) is 64.7 Å². The number of aliphatic imine (C=N–C) groups is 1. The Morgan fingerprint density at radius 3 is 2.73 bits per heavy atom. The Labute approximate surface area is 173 Å². The Bertz CT molecular complexity index is 761. The van der Waals surface area contributed by atoms with E-state index in [4.69, 9.17) is 9.73 Å². The molecule has 0 saturated carbocycles. The van der Waals surface area contributed by atoms with Gasteiger partial charge in [-0.3, -0.25) is 0 Å². The van der Waals surface area contributed by atoms with Crippen molar-refractivity contribution in [2.45, 2.75) is 32.7 Å². The van der Waals surface area contributed by atoms with E-state index in [0.717, 1.165) is 36.8 Å². The number of benzene rings is 2. The lowest BCUT2D eigenvalue weighted by atomic mass is 9.78. The minimum atomic E-state index is 0. The summed E-state index contributed by atoms with van der Waals surface area (Å²) in [5.41, 5.74) is 5.23. The highest BCUT2D eigenvalue weighted by Crippen LogP contribution is 2.33. The van der Waals surface area contributed by atoms with Gasteiger partial charge >= 0.3 is 0 Å². The van der Waals surface area contributed by atoms with Gasteiger partial charge in [0.2, 0.25) is 0 Å². The van der Waals surface area contributed by atoms with Gasteiger partial charge in [0.05, 0.1) is 13.7 Å². The normalized spacial score (nSPS) is 15.3. The molecule has 2 aromatic rings. The second kappa shape index (κ2) is 9.80. The molecule has 2 N–H and O–H groups in total. The van der Waals surface area contributed by atoms with Gasteiger partial charge in [0.25, 0.3) is 0 Å². The van der Waals surface area contributed by atoms with Gasteiger partial charge in [-0.05, 0) is 43.0 Å². The number of hydrogen-bond acceptors (Lipinski definition) is 2. The zero-order valence-corrected chi connectivity index (χ0v) is 18.0. The number of ether oxygens (including phenoxy) is 1. The Kier molecular flexibility index (Phi) is 7.75. The van der Waals surface area contributed by atoms with Crippen LogP contribution in [0.15, 0.2) is 47.5 Å². The molecule has 0 aromatic heterocycles. The maximum atomic E-state index is 5.47. The smallest absolute Gasteiger partial charge is 0.191 e. The third-order valence-corrected chi connectivity index (χ3v) is 4.67. The first-order valence-electron chi connectivity index (χ1n) is 8.94. The maximum absolute atomic E-state index is 5.47. The van der Waals surface area contributed by atoms with Crippen LogP contribution in [-0.2, 0) is 13.0 Å². The largest absolute Gasteiger partial charge is 0.496 e. The van der Waals surface area contributed by atoms with Crippen LogP contribution in [0.5, 0.6) is 5.75 Å². The van der Waals surface area contributed by atoms with Crippen LogP contribution in [0.3, 0.4) is 0 Å². The van der Waals surface area contributed by atoms with Crippen LogP contribution in [0.1, 0.15) is 35.1 Å². The van der Waals surface area contributed by atoms with Crippen molar-refractivity contribution in [3.8, 4) is 5.75 Å². The molecule has 26 heavy (non-hydrogen) atoms. The first kappa shape index (κ1) is 20.6. The summed E-state index contributed by atoms with van der Waals surface area (Å²) in [6.45, 7) is 6.51. The van der Waals surface area contributed by atoms with Gasteiger partial charge in [-0.25, -0.2) is 4.99 Å². The lowest BCUT2D eigenvalue weighted by molar-refractivity contribution is 0.409. The lowest BCUT2D eigenvalue weighted by Crippen LogP contribution is -2.41. The van der Waals surface area contributed by atoms with Gasteiger partial charge in [-0.2, -0.15) is 0 Å². The van der Waals surface area contributed by atoms with E-state index in [1.807, 2.05) is 0 Å². The topological polar surface area (TPSA) is 45.7 Å². The van der Waals surface area contributed by atoms with Crippen molar-refractivity contribution < 1.29 is 4.74 Å². The van der Waals surface area contributed by atoms with Gasteiger partial charge < -0.3 is 15.4 Å². The quantitative estimate of drug-likeness (QED) is 0.385. The van der Waals surface area contributed by atoms with Crippen LogP contribution in [0.25, 0.3) is 0 Å². The molecule has 0 radical (unpaired) electrons. The van der Waals surface area contributed by atoms with Gasteiger partial charge in [0, 0.05) is 24.6 Å². The van der Waals surface area contributed by atoms with Crippen molar-refractivity contribution in [1.82, 2.24) is 10.6 Å². The van der Waals surface area contributed by atoms with Crippen molar-refractivity contribution >= 4 is 29.9 Å². The Morgan fingerprint density at radius 1 is 1.19 bits per heavy atom. The van der Waals surface area contributed by atoms with Crippen LogP contribution in [0.2, 0.25) is 0 Å². The standard InChI is InChI=1S/C21H27N3O.HI/c1-4-22-21(23-13-17-10-9-15(2)11-20(17)25-3)24-14-18-12-16-7-5-6-8-19(16)18;/h5-11,18H,4,12-14H2,1-3H3,(H2,22,23,24);1H. The monoisotopic (exact) mass is 465 g/mol. The number of aryl methyl sites for hydroxylation is 1. The number of hydrogen-bond donors (Lipinski definition) is 2.